The second kappa shape index (κ2) is 7.09. The Morgan fingerprint density at radius 2 is 2.00 bits per heavy atom. The maximum Gasteiger partial charge on any atom is 0.271 e. The van der Waals surface area contributed by atoms with Crippen LogP contribution >= 0.6 is 27.3 Å². The quantitative estimate of drug-likeness (QED) is 0.458. The molecule has 1 aliphatic heterocycles. The van der Waals surface area contributed by atoms with Crippen molar-refractivity contribution in [2.75, 3.05) is 11.6 Å². The van der Waals surface area contributed by atoms with Crippen molar-refractivity contribution in [1.82, 2.24) is 4.57 Å². The number of fused-ring (bicyclic) bond motifs is 1. The van der Waals surface area contributed by atoms with Gasteiger partial charge in [-0.15, -0.1) is 0 Å². The molecule has 4 rings (SSSR count). The molecule has 1 aliphatic rings. The lowest BCUT2D eigenvalue weighted by atomic mass is 10.2. The number of non-ortho nitro benzene ring substituents is 1. The summed E-state index contributed by atoms with van der Waals surface area (Å²) in [5.74, 6) is 0. The highest BCUT2D eigenvalue weighted by Gasteiger charge is 2.16. The molecule has 136 valence electrons. The minimum Gasteiger partial charge on any atom is -0.334 e. The summed E-state index contributed by atoms with van der Waals surface area (Å²) in [6.07, 6.45) is 1.74. The topological polar surface area (TPSA) is 80.7 Å². The van der Waals surface area contributed by atoms with Crippen LogP contribution in [0.2, 0.25) is 0 Å². The van der Waals surface area contributed by atoms with Gasteiger partial charge in [-0.05, 0) is 42.0 Å². The molecule has 0 saturated carbocycles. The van der Waals surface area contributed by atoms with Gasteiger partial charge in [-0.2, -0.15) is 0 Å². The van der Waals surface area contributed by atoms with Crippen LogP contribution in [-0.2, 0) is 6.67 Å². The molecule has 0 fully saturated rings. The summed E-state index contributed by atoms with van der Waals surface area (Å²) in [6.45, 7) is 0.909. The van der Waals surface area contributed by atoms with E-state index in [1.54, 1.807) is 22.8 Å². The first-order valence-electron chi connectivity index (χ1n) is 8.02. The number of benzene rings is 2. The molecule has 0 radical (unpaired) electrons. The van der Waals surface area contributed by atoms with Gasteiger partial charge in [0.05, 0.1) is 9.46 Å². The van der Waals surface area contributed by atoms with E-state index in [0.29, 0.717) is 22.7 Å². The molecule has 0 amide bonds. The van der Waals surface area contributed by atoms with Crippen molar-refractivity contribution >= 4 is 44.7 Å². The smallest absolute Gasteiger partial charge is 0.271 e. The molecule has 1 aromatic heterocycles. The summed E-state index contributed by atoms with van der Waals surface area (Å²) >= 11 is 4.79. The number of nitro benzene ring substituents is 1. The van der Waals surface area contributed by atoms with Gasteiger partial charge >= 0.3 is 0 Å². The molecule has 0 bridgehead atoms. The van der Waals surface area contributed by atoms with Crippen LogP contribution in [0.3, 0.4) is 0 Å². The Morgan fingerprint density at radius 3 is 2.70 bits per heavy atom. The van der Waals surface area contributed by atoms with Crippen LogP contribution < -0.4 is 19.8 Å². The summed E-state index contributed by atoms with van der Waals surface area (Å²) in [5, 5.41) is 10.8. The summed E-state index contributed by atoms with van der Waals surface area (Å²) in [5.41, 5.74) is 1.63. The molecular weight excluding hydrogens is 432 g/mol. The van der Waals surface area contributed by atoms with E-state index in [2.05, 4.69) is 20.9 Å². The first-order chi connectivity index (χ1) is 13.0. The highest BCUT2D eigenvalue weighted by Crippen LogP contribution is 2.20. The van der Waals surface area contributed by atoms with Crippen molar-refractivity contribution < 1.29 is 4.92 Å². The van der Waals surface area contributed by atoms with Gasteiger partial charge in [0.25, 0.3) is 11.2 Å². The van der Waals surface area contributed by atoms with E-state index in [-0.39, 0.29) is 11.2 Å². The first kappa shape index (κ1) is 17.6. The monoisotopic (exact) mass is 444 g/mol. The highest BCUT2D eigenvalue weighted by molar-refractivity contribution is 9.10. The maximum atomic E-state index is 12.8. The summed E-state index contributed by atoms with van der Waals surface area (Å²) in [6, 6.07) is 14.0. The van der Waals surface area contributed by atoms with Crippen LogP contribution in [0.25, 0.3) is 6.08 Å². The van der Waals surface area contributed by atoms with E-state index in [9.17, 15) is 14.9 Å². The number of anilines is 1. The zero-order chi connectivity index (χ0) is 19.0. The van der Waals surface area contributed by atoms with Gasteiger partial charge in [0.2, 0.25) is 0 Å². The third kappa shape index (κ3) is 3.56. The van der Waals surface area contributed by atoms with Crippen molar-refractivity contribution in [2.45, 2.75) is 6.67 Å². The number of rotatable bonds is 3. The molecule has 2 aromatic carbocycles. The normalized spacial score (nSPS) is 14.0. The van der Waals surface area contributed by atoms with E-state index in [4.69, 9.17) is 0 Å². The number of hydrogen-bond donors (Lipinski definition) is 0. The third-order valence-corrected chi connectivity index (χ3v) is 5.69. The van der Waals surface area contributed by atoms with Crippen LogP contribution in [-0.4, -0.2) is 16.2 Å². The molecule has 9 heteroatoms. The van der Waals surface area contributed by atoms with E-state index >= 15 is 0 Å². The zero-order valence-electron chi connectivity index (χ0n) is 13.9. The third-order valence-electron chi connectivity index (χ3n) is 4.15. The second-order valence-electron chi connectivity index (χ2n) is 5.94. The minimum absolute atomic E-state index is 0.0222. The number of thiazole rings is 1. The molecule has 0 atom stereocenters. The van der Waals surface area contributed by atoms with Gasteiger partial charge in [-0.1, -0.05) is 33.3 Å². The molecule has 7 nitrogen and oxygen atoms in total. The number of aromatic nitrogens is 1. The molecular formula is C18H13BrN4O3S. The lowest BCUT2D eigenvalue weighted by molar-refractivity contribution is -0.384. The van der Waals surface area contributed by atoms with Gasteiger partial charge in [-0.25, -0.2) is 4.99 Å². The molecule has 0 saturated heterocycles. The number of hydrogen-bond acceptors (Lipinski definition) is 6. The van der Waals surface area contributed by atoms with Gasteiger partial charge in [-0.3, -0.25) is 19.5 Å². The standard InChI is InChI=1S/C18H13BrN4O3S/c19-13-2-1-3-15(9-13)21-10-20-18-22(11-21)17(24)16(27-18)8-12-4-6-14(7-5-12)23(25)26/h1-9H,10-11H2/b16-8-. The number of halogens is 1. The Morgan fingerprint density at radius 1 is 1.22 bits per heavy atom. The Kier molecular flexibility index (Phi) is 4.63. The van der Waals surface area contributed by atoms with Crippen molar-refractivity contribution in [3.05, 3.63) is 88.4 Å². The predicted octanol–water partition coefficient (Wildman–Crippen LogP) is 2.46. The fourth-order valence-electron chi connectivity index (χ4n) is 2.79. The van der Waals surface area contributed by atoms with Gasteiger partial charge in [0, 0.05) is 22.3 Å². The van der Waals surface area contributed by atoms with Crippen molar-refractivity contribution in [1.29, 1.82) is 0 Å². The second-order valence-corrected chi connectivity index (χ2v) is 7.86. The lowest BCUT2D eigenvalue weighted by Crippen LogP contribution is -2.42. The molecule has 2 heterocycles. The predicted molar refractivity (Wildman–Crippen MR) is 108 cm³/mol. The number of nitrogens with zero attached hydrogens (tertiary/aromatic N) is 4. The summed E-state index contributed by atoms with van der Waals surface area (Å²) < 4.78 is 3.17. The maximum absolute atomic E-state index is 12.8. The average molecular weight is 445 g/mol. The van der Waals surface area contributed by atoms with Crippen LogP contribution in [0.4, 0.5) is 11.4 Å². The van der Waals surface area contributed by atoms with Crippen LogP contribution in [0.15, 0.2) is 62.8 Å². The molecule has 27 heavy (non-hydrogen) atoms. The fourth-order valence-corrected chi connectivity index (χ4v) is 4.14. The van der Waals surface area contributed by atoms with Crippen molar-refractivity contribution in [3.63, 3.8) is 0 Å². The van der Waals surface area contributed by atoms with Crippen molar-refractivity contribution in [3.8, 4) is 0 Å². The Hall–Kier alpha value is -2.78. The Bertz CT molecular complexity index is 1200. The summed E-state index contributed by atoms with van der Waals surface area (Å²) in [7, 11) is 0. The van der Waals surface area contributed by atoms with Crippen molar-refractivity contribution in [2.24, 2.45) is 4.99 Å². The molecule has 0 aliphatic carbocycles. The zero-order valence-corrected chi connectivity index (χ0v) is 16.3. The SMILES string of the molecule is O=c1/c(=C/c2ccc([N+](=O)[O-])cc2)sc2n1CN(c1cccc(Br)c1)CN=2. The molecule has 3 aromatic rings. The molecule has 0 spiro atoms. The van der Waals surface area contributed by atoms with Gasteiger partial charge in [0.1, 0.15) is 13.3 Å². The van der Waals surface area contributed by atoms with E-state index in [0.717, 1.165) is 15.7 Å². The number of nitro groups is 1. The Labute approximate surface area is 165 Å². The largest absolute Gasteiger partial charge is 0.334 e. The van der Waals surface area contributed by atoms with E-state index < -0.39 is 4.92 Å². The van der Waals surface area contributed by atoms with Crippen LogP contribution in [0.1, 0.15) is 5.56 Å². The van der Waals surface area contributed by atoms with E-state index in [1.807, 2.05) is 29.2 Å². The van der Waals surface area contributed by atoms with Gasteiger partial charge in [0.15, 0.2) is 4.80 Å². The molecule has 0 N–H and O–H groups in total. The highest BCUT2D eigenvalue weighted by atomic mass is 79.9. The average Bonchev–Trinajstić information content (AvgIpc) is 2.97. The van der Waals surface area contributed by atoms with Crippen LogP contribution in [0, 0.1) is 10.1 Å². The summed E-state index contributed by atoms with van der Waals surface area (Å²) in [4.78, 5) is 30.3. The molecule has 0 unspecified atom stereocenters. The fraction of sp³-hybridized carbons (Fsp3) is 0.111. The van der Waals surface area contributed by atoms with Gasteiger partial charge < -0.3 is 4.90 Å². The lowest BCUT2D eigenvalue weighted by Gasteiger charge is -2.25. The first-order valence-corrected chi connectivity index (χ1v) is 9.63. The Balaban J connectivity index is 1.68. The van der Waals surface area contributed by atoms with E-state index in [1.165, 1.54) is 23.5 Å². The van der Waals surface area contributed by atoms with Crippen LogP contribution in [0.5, 0.6) is 0 Å². The minimum atomic E-state index is -0.447.